The monoisotopic (exact) mass is 225 g/mol. The molecular formula is C13H23NO2. The molecule has 0 radical (unpaired) electrons. The van der Waals surface area contributed by atoms with E-state index >= 15 is 0 Å². The van der Waals surface area contributed by atoms with E-state index in [4.69, 9.17) is 15.2 Å². The van der Waals surface area contributed by atoms with Crippen molar-refractivity contribution < 1.29 is 9.47 Å². The Morgan fingerprint density at radius 1 is 1.06 bits per heavy atom. The van der Waals surface area contributed by atoms with Gasteiger partial charge in [-0.25, -0.2) is 0 Å². The maximum Gasteiger partial charge on any atom is 0.0838 e. The van der Waals surface area contributed by atoms with Crippen LogP contribution in [0.4, 0.5) is 0 Å². The molecule has 3 aliphatic rings. The SMILES string of the molecule is CO[C@@H]1CC2(C[C@H]1OC)C1CC[C@H](C1)[C@H]2N. The van der Waals surface area contributed by atoms with Crippen LogP contribution < -0.4 is 5.73 Å². The Labute approximate surface area is 97.7 Å². The van der Waals surface area contributed by atoms with Crippen molar-refractivity contribution in [3.05, 3.63) is 0 Å². The van der Waals surface area contributed by atoms with Gasteiger partial charge in [0.2, 0.25) is 0 Å². The molecule has 92 valence electrons. The van der Waals surface area contributed by atoms with E-state index in [0.29, 0.717) is 11.5 Å². The van der Waals surface area contributed by atoms with Crippen molar-refractivity contribution in [2.45, 2.75) is 50.4 Å². The summed E-state index contributed by atoms with van der Waals surface area (Å²) in [4.78, 5) is 0. The zero-order chi connectivity index (χ0) is 11.3. The van der Waals surface area contributed by atoms with Gasteiger partial charge in [0.25, 0.3) is 0 Å². The van der Waals surface area contributed by atoms with Crippen molar-refractivity contribution in [1.29, 1.82) is 0 Å². The molecule has 1 spiro atoms. The van der Waals surface area contributed by atoms with Gasteiger partial charge in [-0.1, -0.05) is 0 Å². The molecule has 0 aromatic carbocycles. The highest BCUT2D eigenvalue weighted by Gasteiger charge is 2.61. The van der Waals surface area contributed by atoms with Gasteiger partial charge < -0.3 is 15.2 Å². The fraction of sp³-hybridized carbons (Fsp3) is 1.00. The van der Waals surface area contributed by atoms with Gasteiger partial charge in [-0.15, -0.1) is 0 Å². The van der Waals surface area contributed by atoms with Crippen LogP contribution in [0.2, 0.25) is 0 Å². The van der Waals surface area contributed by atoms with Crippen LogP contribution in [0.15, 0.2) is 0 Å². The van der Waals surface area contributed by atoms with Crippen LogP contribution >= 0.6 is 0 Å². The third-order valence-electron chi connectivity index (χ3n) is 5.64. The van der Waals surface area contributed by atoms with Gasteiger partial charge in [0.1, 0.15) is 0 Å². The van der Waals surface area contributed by atoms with E-state index in [1.807, 2.05) is 0 Å². The zero-order valence-corrected chi connectivity index (χ0v) is 10.3. The Hall–Kier alpha value is -0.120. The molecule has 0 saturated heterocycles. The Morgan fingerprint density at radius 2 is 1.69 bits per heavy atom. The smallest absolute Gasteiger partial charge is 0.0838 e. The number of rotatable bonds is 2. The molecule has 0 aromatic heterocycles. The van der Waals surface area contributed by atoms with E-state index in [2.05, 4.69) is 0 Å². The van der Waals surface area contributed by atoms with Crippen LogP contribution in [-0.2, 0) is 9.47 Å². The Bertz CT molecular complexity index is 265. The van der Waals surface area contributed by atoms with E-state index in [1.165, 1.54) is 19.3 Å². The third kappa shape index (κ3) is 1.25. The van der Waals surface area contributed by atoms with E-state index in [0.717, 1.165) is 24.7 Å². The number of fused-ring (bicyclic) bond motifs is 3. The van der Waals surface area contributed by atoms with Gasteiger partial charge in [-0.05, 0) is 49.4 Å². The molecule has 3 saturated carbocycles. The second-order valence-electron chi connectivity index (χ2n) is 5.99. The maximum absolute atomic E-state index is 6.48. The molecule has 3 nitrogen and oxygen atoms in total. The summed E-state index contributed by atoms with van der Waals surface area (Å²) in [5, 5.41) is 0. The van der Waals surface area contributed by atoms with Gasteiger partial charge >= 0.3 is 0 Å². The Kier molecular flexibility index (Phi) is 2.54. The first-order valence-corrected chi connectivity index (χ1v) is 6.52. The van der Waals surface area contributed by atoms with Crippen LogP contribution in [0.25, 0.3) is 0 Å². The summed E-state index contributed by atoms with van der Waals surface area (Å²) in [5.41, 5.74) is 6.82. The maximum atomic E-state index is 6.48. The minimum atomic E-state index is 0.260. The molecule has 16 heavy (non-hydrogen) atoms. The Balaban J connectivity index is 1.85. The molecule has 3 aliphatic carbocycles. The van der Waals surface area contributed by atoms with Gasteiger partial charge in [0, 0.05) is 20.3 Å². The van der Waals surface area contributed by atoms with Crippen molar-refractivity contribution >= 4 is 0 Å². The van der Waals surface area contributed by atoms with Crippen molar-refractivity contribution in [3.63, 3.8) is 0 Å². The van der Waals surface area contributed by atoms with E-state index in [9.17, 15) is 0 Å². The van der Waals surface area contributed by atoms with Crippen molar-refractivity contribution in [2.75, 3.05) is 14.2 Å². The molecule has 3 rings (SSSR count). The van der Waals surface area contributed by atoms with Crippen LogP contribution in [0, 0.1) is 17.3 Å². The zero-order valence-electron chi connectivity index (χ0n) is 10.3. The molecule has 3 heteroatoms. The molecule has 1 unspecified atom stereocenters. The number of hydrogen-bond acceptors (Lipinski definition) is 3. The average molecular weight is 225 g/mol. The van der Waals surface area contributed by atoms with Crippen molar-refractivity contribution in [3.8, 4) is 0 Å². The normalized spacial score (nSPS) is 49.3. The summed E-state index contributed by atoms with van der Waals surface area (Å²) in [6.45, 7) is 0. The van der Waals surface area contributed by atoms with Gasteiger partial charge in [0.15, 0.2) is 0 Å². The molecule has 0 amide bonds. The highest BCUT2D eigenvalue weighted by atomic mass is 16.5. The molecule has 0 aromatic rings. The van der Waals surface area contributed by atoms with Gasteiger partial charge in [-0.3, -0.25) is 0 Å². The number of hydrogen-bond donors (Lipinski definition) is 1. The van der Waals surface area contributed by atoms with Crippen LogP contribution in [0.3, 0.4) is 0 Å². The summed E-state index contributed by atoms with van der Waals surface area (Å²) < 4.78 is 11.2. The first-order valence-electron chi connectivity index (χ1n) is 6.52. The summed E-state index contributed by atoms with van der Waals surface area (Å²) in [7, 11) is 3.60. The van der Waals surface area contributed by atoms with Gasteiger partial charge in [-0.2, -0.15) is 0 Å². The quantitative estimate of drug-likeness (QED) is 0.775. The van der Waals surface area contributed by atoms with Crippen molar-refractivity contribution in [2.24, 2.45) is 23.0 Å². The largest absolute Gasteiger partial charge is 0.379 e. The molecule has 0 aliphatic heterocycles. The first-order chi connectivity index (χ1) is 7.71. The Morgan fingerprint density at radius 3 is 2.12 bits per heavy atom. The van der Waals surface area contributed by atoms with E-state index in [-0.39, 0.29) is 12.2 Å². The molecule has 2 N–H and O–H groups in total. The van der Waals surface area contributed by atoms with Crippen LogP contribution in [0.1, 0.15) is 32.1 Å². The average Bonchev–Trinajstić information content (AvgIpc) is 2.97. The lowest BCUT2D eigenvalue weighted by molar-refractivity contribution is -0.0157. The number of ether oxygens (including phenoxy) is 2. The summed E-state index contributed by atoms with van der Waals surface area (Å²) in [6, 6.07) is 0.393. The van der Waals surface area contributed by atoms with Crippen LogP contribution in [-0.4, -0.2) is 32.5 Å². The molecule has 5 atom stereocenters. The topological polar surface area (TPSA) is 44.5 Å². The molecule has 2 bridgehead atoms. The minimum absolute atomic E-state index is 0.260. The highest BCUT2D eigenvalue weighted by molar-refractivity contribution is 5.13. The number of methoxy groups -OCH3 is 2. The predicted molar refractivity (Wildman–Crippen MR) is 62.1 cm³/mol. The second kappa shape index (κ2) is 3.69. The fourth-order valence-electron chi connectivity index (χ4n) is 4.78. The standard InChI is InChI=1S/C13H23NO2/c1-15-10-6-13(7-11(10)16-2)9-4-3-8(5-9)12(13)14/h8-12H,3-7,14H2,1-2H3/t8-,9?,10-,11-,12-/m1/s1. The van der Waals surface area contributed by atoms with E-state index < -0.39 is 0 Å². The first kappa shape index (κ1) is 11.0. The second-order valence-corrected chi connectivity index (χ2v) is 5.99. The minimum Gasteiger partial charge on any atom is -0.379 e. The van der Waals surface area contributed by atoms with Crippen molar-refractivity contribution in [1.82, 2.24) is 0 Å². The summed E-state index contributed by atoms with van der Waals surface area (Å²) >= 11 is 0. The number of nitrogens with two attached hydrogens (primary N) is 1. The lowest BCUT2D eigenvalue weighted by Crippen LogP contribution is -2.45. The third-order valence-corrected chi connectivity index (χ3v) is 5.64. The molecular weight excluding hydrogens is 202 g/mol. The van der Waals surface area contributed by atoms with E-state index in [1.54, 1.807) is 14.2 Å². The lowest BCUT2D eigenvalue weighted by Gasteiger charge is -2.39. The van der Waals surface area contributed by atoms with Gasteiger partial charge in [0.05, 0.1) is 12.2 Å². The predicted octanol–water partition coefficient (Wildman–Crippen LogP) is 1.55. The summed E-state index contributed by atoms with van der Waals surface area (Å²) in [6.07, 6.45) is 6.84. The summed E-state index contributed by atoms with van der Waals surface area (Å²) in [5.74, 6) is 1.61. The van der Waals surface area contributed by atoms with Crippen LogP contribution in [0.5, 0.6) is 0 Å². The molecule has 3 fully saturated rings. The fourth-order valence-corrected chi connectivity index (χ4v) is 4.78. The molecule has 0 heterocycles. The lowest BCUT2D eigenvalue weighted by atomic mass is 9.69. The highest BCUT2D eigenvalue weighted by Crippen LogP contribution is 2.62.